The van der Waals surface area contributed by atoms with Crippen LogP contribution in [0.25, 0.3) is 11.1 Å². The molecule has 2 aliphatic rings. The quantitative estimate of drug-likeness (QED) is 0.697. The third-order valence-corrected chi connectivity index (χ3v) is 6.64. The maximum absolute atomic E-state index is 13.3. The van der Waals surface area contributed by atoms with Crippen LogP contribution in [0.3, 0.4) is 0 Å². The summed E-state index contributed by atoms with van der Waals surface area (Å²) >= 11 is 0. The van der Waals surface area contributed by atoms with Crippen molar-refractivity contribution in [1.82, 2.24) is 9.80 Å². The van der Waals surface area contributed by atoms with E-state index < -0.39 is 5.41 Å². The van der Waals surface area contributed by atoms with Gasteiger partial charge in [-0.05, 0) is 42.9 Å². The molecule has 2 heterocycles. The largest absolute Gasteiger partial charge is 0.496 e. The number of likely N-dealkylation sites (tertiary alicyclic amines) is 1. The zero-order valence-corrected chi connectivity index (χ0v) is 19.2. The highest BCUT2D eigenvalue weighted by Crippen LogP contribution is 2.38. The summed E-state index contributed by atoms with van der Waals surface area (Å²) < 4.78 is 11.1. The van der Waals surface area contributed by atoms with Gasteiger partial charge in [0.15, 0.2) is 0 Å². The third-order valence-electron chi connectivity index (χ3n) is 6.64. The second kappa shape index (κ2) is 9.33. The van der Waals surface area contributed by atoms with Crippen LogP contribution >= 0.6 is 0 Å². The van der Waals surface area contributed by atoms with Crippen molar-refractivity contribution < 1.29 is 19.1 Å². The van der Waals surface area contributed by atoms with Crippen LogP contribution in [0.15, 0.2) is 48.5 Å². The summed E-state index contributed by atoms with van der Waals surface area (Å²) in [5.41, 5.74) is 2.59. The lowest BCUT2D eigenvalue weighted by Gasteiger charge is -2.31. The fourth-order valence-electron chi connectivity index (χ4n) is 4.98. The molecule has 4 rings (SSSR count). The third kappa shape index (κ3) is 4.37. The molecule has 6 nitrogen and oxygen atoms in total. The highest BCUT2D eigenvalue weighted by atomic mass is 16.5. The number of para-hydroxylation sites is 1. The topological polar surface area (TPSA) is 59.1 Å². The zero-order valence-electron chi connectivity index (χ0n) is 19.2. The summed E-state index contributed by atoms with van der Waals surface area (Å²) in [6.07, 6.45) is 2.61. The number of rotatable bonds is 6. The van der Waals surface area contributed by atoms with E-state index in [9.17, 15) is 9.59 Å². The maximum Gasteiger partial charge on any atom is 0.251 e. The fraction of sp³-hybridized carbons (Fsp3) is 0.462. The summed E-state index contributed by atoms with van der Waals surface area (Å²) in [6, 6.07) is 16.2. The van der Waals surface area contributed by atoms with Crippen LogP contribution in [-0.4, -0.2) is 68.6 Å². The second-order valence-corrected chi connectivity index (χ2v) is 9.07. The molecule has 0 N–H and O–H groups in total. The van der Waals surface area contributed by atoms with Crippen molar-refractivity contribution in [2.75, 3.05) is 40.9 Å². The molecule has 2 saturated heterocycles. The molecular formula is C26H32N2O4. The first-order valence-electron chi connectivity index (χ1n) is 11.3. The van der Waals surface area contributed by atoms with Gasteiger partial charge in [0.1, 0.15) is 11.9 Å². The van der Waals surface area contributed by atoms with Crippen molar-refractivity contribution in [3.8, 4) is 16.9 Å². The standard InChI is InChI=1S/C26H32N2O4/c1-27(2)25(30)26(14-15-28(18-26)24(29)23-9-6-16-32-23)17-19-10-12-20(13-11-19)21-7-4-5-8-22(21)31-3/h4-5,7-8,10-13,23H,6,9,14-18H2,1-3H3/t23-,26-/m1/s1. The van der Waals surface area contributed by atoms with Crippen molar-refractivity contribution in [2.45, 2.75) is 31.8 Å². The summed E-state index contributed by atoms with van der Waals surface area (Å²) in [5, 5.41) is 0. The number of carbonyl (C=O) groups is 2. The minimum Gasteiger partial charge on any atom is -0.496 e. The van der Waals surface area contributed by atoms with Crippen LogP contribution in [0.4, 0.5) is 0 Å². The minimum atomic E-state index is -0.607. The normalized spacial score (nSPS) is 22.7. The molecule has 0 radical (unpaired) electrons. The molecule has 2 aliphatic heterocycles. The van der Waals surface area contributed by atoms with E-state index in [0.717, 1.165) is 35.3 Å². The van der Waals surface area contributed by atoms with Crippen molar-refractivity contribution in [2.24, 2.45) is 5.41 Å². The Morgan fingerprint density at radius 2 is 1.91 bits per heavy atom. The van der Waals surface area contributed by atoms with E-state index in [1.807, 2.05) is 29.2 Å². The maximum atomic E-state index is 13.3. The predicted octanol–water partition coefficient (Wildman–Crippen LogP) is 3.39. The van der Waals surface area contributed by atoms with Gasteiger partial charge in [-0.2, -0.15) is 0 Å². The van der Waals surface area contributed by atoms with Gasteiger partial charge in [-0.3, -0.25) is 9.59 Å². The summed E-state index contributed by atoms with van der Waals surface area (Å²) in [6.45, 7) is 1.68. The number of hydrogen-bond donors (Lipinski definition) is 0. The molecule has 0 aliphatic carbocycles. The molecule has 32 heavy (non-hydrogen) atoms. The Morgan fingerprint density at radius 3 is 2.56 bits per heavy atom. The highest BCUT2D eigenvalue weighted by molar-refractivity contribution is 5.87. The van der Waals surface area contributed by atoms with Gasteiger partial charge in [-0.15, -0.1) is 0 Å². The Kier molecular flexibility index (Phi) is 6.51. The molecular weight excluding hydrogens is 404 g/mol. The van der Waals surface area contributed by atoms with Crippen LogP contribution < -0.4 is 4.74 Å². The van der Waals surface area contributed by atoms with Gasteiger partial charge in [0, 0.05) is 39.4 Å². The lowest BCUT2D eigenvalue weighted by atomic mass is 9.79. The SMILES string of the molecule is COc1ccccc1-c1ccc(C[C@]2(C(=O)N(C)C)CCN(C(=O)[C@H]3CCCO3)C2)cc1. The summed E-state index contributed by atoms with van der Waals surface area (Å²) in [7, 11) is 5.26. The predicted molar refractivity (Wildman–Crippen MR) is 123 cm³/mol. The van der Waals surface area contributed by atoms with Gasteiger partial charge >= 0.3 is 0 Å². The Labute approximate surface area is 190 Å². The number of ether oxygens (including phenoxy) is 2. The average Bonchev–Trinajstić information content (AvgIpc) is 3.50. The molecule has 2 amide bonds. The number of nitrogens with zero attached hydrogens (tertiary/aromatic N) is 2. The molecule has 0 saturated carbocycles. The van der Waals surface area contributed by atoms with E-state index in [0.29, 0.717) is 32.5 Å². The van der Waals surface area contributed by atoms with E-state index in [1.54, 1.807) is 26.1 Å². The zero-order chi connectivity index (χ0) is 22.7. The Balaban J connectivity index is 1.55. The van der Waals surface area contributed by atoms with Gasteiger partial charge in [0.25, 0.3) is 5.91 Å². The number of methoxy groups -OCH3 is 1. The molecule has 0 bridgehead atoms. The molecule has 0 spiro atoms. The molecule has 0 aromatic heterocycles. The molecule has 2 fully saturated rings. The van der Waals surface area contributed by atoms with Crippen molar-refractivity contribution >= 4 is 11.8 Å². The first-order valence-corrected chi connectivity index (χ1v) is 11.3. The van der Waals surface area contributed by atoms with Crippen molar-refractivity contribution in [1.29, 1.82) is 0 Å². The van der Waals surface area contributed by atoms with Crippen molar-refractivity contribution in [3.63, 3.8) is 0 Å². The van der Waals surface area contributed by atoms with Gasteiger partial charge in [0.2, 0.25) is 5.91 Å². The van der Waals surface area contributed by atoms with E-state index in [4.69, 9.17) is 9.47 Å². The van der Waals surface area contributed by atoms with Crippen LogP contribution in [0.2, 0.25) is 0 Å². The number of carbonyl (C=O) groups excluding carboxylic acids is 2. The number of benzene rings is 2. The monoisotopic (exact) mass is 436 g/mol. The van der Waals surface area contributed by atoms with E-state index in [2.05, 4.69) is 24.3 Å². The van der Waals surface area contributed by atoms with Gasteiger partial charge < -0.3 is 19.3 Å². The van der Waals surface area contributed by atoms with Crippen LogP contribution in [0.5, 0.6) is 5.75 Å². The lowest BCUT2D eigenvalue weighted by Crippen LogP contribution is -2.46. The summed E-state index contributed by atoms with van der Waals surface area (Å²) in [5.74, 6) is 0.940. The Morgan fingerprint density at radius 1 is 1.16 bits per heavy atom. The van der Waals surface area contributed by atoms with E-state index in [-0.39, 0.29) is 17.9 Å². The minimum absolute atomic E-state index is 0.0300. The Hall–Kier alpha value is -2.86. The average molecular weight is 437 g/mol. The second-order valence-electron chi connectivity index (χ2n) is 9.07. The first-order chi connectivity index (χ1) is 15.4. The van der Waals surface area contributed by atoms with E-state index >= 15 is 0 Å². The molecule has 2 atom stereocenters. The van der Waals surface area contributed by atoms with Crippen LogP contribution in [0.1, 0.15) is 24.8 Å². The summed E-state index contributed by atoms with van der Waals surface area (Å²) in [4.78, 5) is 29.7. The van der Waals surface area contributed by atoms with Gasteiger partial charge in [0.05, 0.1) is 12.5 Å². The molecule has 6 heteroatoms. The van der Waals surface area contributed by atoms with E-state index in [1.165, 1.54) is 0 Å². The van der Waals surface area contributed by atoms with Crippen LogP contribution in [-0.2, 0) is 20.7 Å². The van der Waals surface area contributed by atoms with Crippen LogP contribution in [0, 0.1) is 5.41 Å². The molecule has 170 valence electrons. The molecule has 0 unspecified atom stereocenters. The molecule has 2 aromatic carbocycles. The van der Waals surface area contributed by atoms with Gasteiger partial charge in [-0.25, -0.2) is 0 Å². The Bertz CT molecular complexity index is 966. The first kappa shape index (κ1) is 22.3. The molecule has 2 aromatic rings. The lowest BCUT2D eigenvalue weighted by molar-refractivity contribution is -0.142. The fourth-order valence-corrected chi connectivity index (χ4v) is 4.98. The highest BCUT2D eigenvalue weighted by Gasteiger charge is 2.47. The smallest absolute Gasteiger partial charge is 0.251 e. The van der Waals surface area contributed by atoms with Gasteiger partial charge in [-0.1, -0.05) is 42.5 Å². The van der Waals surface area contributed by atoms with Crippen molar-refractivity contribution in [3.05, 3.63) is 54.1 Å². The number of amides is 2. The number of hydrogen-bond acceptors (Lipinski definition) is 4.